The summed E-state index contributed by atoms with van der Waals surface area (Å²) in [6, 6.07) is 8.51. The molecule has 1 aromatic rings. The summed E-state index contributed by atoms with van der Waals surface area (Å²) in [5.74, 6) is 3.16. The average molecular weight is 275 g/mol. The fraction of sp³-hybridized carbons (Fsp3) is 0.667. The van der Waals surface area contributed by atoms with E-state index in [9.17, 15) is 0 Å². The molecule has 3 atom stereocenters. The Balaban J connectivity index is 2.05. The standard InChI is InChI=1S/C18H29NO/c1-4-8-20-17-7-5-6-15(12-17)18(19)16-10-13(2)9-14(3)11-16/h5-7,12-14,16,18H,4,8-11,19H2,1-3H3. The minimum Gasteiger partial charge on any atom is -0.494 e. The van der Waals surface area contributed by atoms with Crippen LogP contribution in [0.2, 0.25) is 0 Å². The molecule has 0 aliphatic heterocycles. The van der Waals surface area contributed by atoms with E-state index in [0.717, 1.165) is 30.6 Å². The molecule has 0 spiro atoms. The first kappa shape index (κ1) is 15.4. The molecule has 0 saturated heterocycles. The highest BCUT2D eigenvalue weighted by Gasteiger charge is 2.28. The summed E-state index contributed by atoms with van der Waals surface area (Å²) in [7, 11) is 0. The van der Waals surface area contributed by atoms with Crippen LogP contribution in [0.5, 0.6) is 5.75 Å². The zero-order valence-corrected chi connectivity index (χ0v) is 13.1. The molecule has 1 fully saturated rings. The van der Waals surface area contributed by atoms with E-state index in [1.807, 2.05) is 6.07 Å². The highest BCUT2D eigenvalue weighted by Crippen LogP contribution is 2.39. The number of nitrogens with two attached hydrogens (primary N) is 1. The summed E-state index contributed by atoms with van der Waals surface area (Å²) >= 11 is 0. The van der Waals surface area contributed by atoms with Gasteiger partial charge in [0.05, 0.1) is 6.61 Å². The van der Waals surface area contributed by atoms with Gasteiger partial charge in [0.2, 0.25) is 0 Å². The molecule has 20 heavy (non-hydrogen) atoms. The average Bonchev–Trinajstić information content (AvgIpc) is 2.43. The largest absolute Gasteiger partial charge is 0.494 e. The number of benzene rings is 1. The Bertz CT molecular complexity index is 408. The van der Waals surface area contributed by atoms with Gasteiger partial charge in [-0.05, 0) is 61.1 Å². The Labute approximate surface area is 123 Å². The van der Waals surface area contributed by atoms with Gasteiger partial charge >= 0.3 is 0 Å². The predicted octanol–water partition coefficient (Wildman–Crippen LogP) is 4.55. The van der Waals surface area contributed by atoms with Gasteiger partial charge in [-0.15, -0.1) is 0 Å². The van der Waals surface area contributed by atoms with Crippen molar-refractivity contribution >= 4 is 0 Å². The Morgan fingerprint density at radius 1 is 1.20 bits per heavy atom. The first-order chi connectivity index (χ1) is 9.60. The van der Waals surface area contributed by atoms with E-state index < -0.39 is 0 Å². The van der Waals surface area contributed by atoms with Crippen LogP contribution >= 0.6 is 0 Å². The normalized spacial score (nSPS) is 28.1. The van der Waals surface area contributed by atoms with Crippen molar-refractivity contribution in [3.8, 4) is 5.75 Å². The molecule has 1 saturated carbocycles. The molecule has 0 bridgehead atoms. The van der Waals surface area contributed by atoms with Crippen LogP contribution in [-0.4, -0.2) is 6.61 Å². The molecule has 2 rings (SSSR count). The second-order valence-corrected chi connectivity index (χ2v) is 6.62. The third kappa shape index (κ3) is 3.99. The lowest BCUT2D eigenvalue weighted by atomic mass is 9.72. The zero-order chi connectivity index (χ0) is 14.5. The molecule has 1 aromatic carbocycles. The Morgan fingerprint density at radius 3 is 2.55 bits per heavy atom. The van der Waals surface area contributed by atoms with Gasteiger partial charge in [-0.1, -0.05) is 32.9 Å². The zero-order valence-electron chi connectivity index (χ0n) is 13.1. The summed E-state index contributed by atoms with van der Waals surface area (Å²) in [6.07, 6.45) is 4.90. The van der Waals surface area contributed by atoms with E-state index >= 15 is 0 Å². The van der Waals surface area contributed by atoms with Crippen LogP contribution in [0.1, 0.15) is 58.1 Å². The molecule has 3 unspecified atom stereocenters. The number of rotatable bonds is 5. The predicted molar refractivity (Wildman–Crippen MR) is 84.8 cm³/mol. The molecule has 0 radical (unpaired) electrons. The first-order valence-electron chi connectivity index (χ1n) is 8.08. The molecule has 1 aliphatic rings. The van der Waals surface area contributed by atoms with E-state index in [1.165, 1.54) is 24.8 Å². The second-order valence-electron chi connectivity index (χ2n) is 6.62. The van der Waals surface area contributed by atoms with Crippen molar-refractivity contribution < 1.29 is 4.74 Å². The number of ether oxygens (including phenoxy) is 1. The van der Waals surface area contributed by atoms with Crippen LogP contribution in [0, 0.1) is 17.8 Å². The monoisotopic (exact) mass is 275 g/mol. The van der Waals surface area contributed by atoms with Gasteiger partial charge in [-0.3, -0.25) is 0 Å². The molecular weight excluding hydrogens is 246 g/mol. The first-order valence-corrected chi connectivity index (χ1v) is 8.08. The van der Waals surface area contributed by atoms with E-state index in [2.05, 4.69) is 39.0 Å². The van der Waals surface area contributed by atoms with Gasteiger partial charge in [0.25, 0.3) is 0 Å². The SMILES string of the molecule is CCCOc1cccc(C(N)C2CC(C)CC(C)C2)c1. The molecule has 1 aliphatic carbocycles. The highest BCUT2D eigenvalue weighted by molar-refractivity contribution is 5.30. The lowest BCUT2D eigenvalue weighted by Crippen LogP contribution is -2.29. The summed E-state index contributed by atoms with van der Waals surface area (Å²) < 4.78 is 5.72. The minimum absolute atomic E-state index is 0.144. The maximum absolute atomic E-state index is 6.54. The topological polar surface area (TPSA) is 35.2 Å². The van der Waals surface area contributed by atoms with E-state index in [4.69, 9.17) is 10.5 Å². The maximum Gasteiger partial charge on any atom is 0.119 e. The van der Waals surface area contributed by atoms with Gasteiger partial charge in [0.15, 0.2) is 0 Å². The van der Waals surface area contributed by atoms with Crippen LogP contribution in [0.3, 0.4) is 0 Å². The van der Waals surface area contributed by atoms with Crippen LogP contribution in [-0.2, 0) is 0 Å². The van der Waals surface area contributed by atoms with Crippen molar-refractivity contribution in [2.45, 2.75) is 52.5 Å². The Hall–Kier alpha value is -1.02. The molecular formula is C18H29NO. The molecule has 2 N–H and O–H groups in total. The summed E-state index contributed by atoms with van der Waals surface area (Å²) in [5, 5.41) is 0. The van der Waals surface area contributed by atoms with Gasteiger partial charge in [0.1, 0.15) is 5.75 Å². The van der Waals surface area contributed by atoms with Gasteiger partial charge in [0, 0.05) is 6.04 Å². The van der Waals surface area contributed by atoms with Crippen molar-refractivity contribution in [2.75, 3.05) is 6.61 Å². The number of hydrogen-bond donors (Lipinski definition) is 1. The molecule has 112 valence electrons. The van der Waals surface area contributed by atoms with Crippen molar-refractivity contribution in [2.24, 2.45) is 23.5 Å². The van der Waals surface area contributed by atoms with Crippen molar-refractivity contribution in [1.82, 2.24) is 0 Å². The van der Waals surface area contributed by atoms with Gasteiger partial charge < -0.3 is 10.5 Å². The minimum atomic E-state index is 0.144. The fourth-order valence-corrected chi connectivity index (χ4v) is 3.61. The molecule has 0 heterocycles. The third-order valence-electron chi connectivity index (χ3n) is 4.44. The fourth-order valence-electron chi connectivity index (χ4n) is 3.61. The van der Waals surface area contributed by atoms with E-state index in [1.54, 1.807) is 0 Å². The number of hydrogen-bond acceptors (Lipinski definition) is 2. The van der Waals surface area contributed by atoms with Crippen LogP contribution in [0.25, 0.3) is 0 Å². The van der Waals surface area contributed by atoms with Crippen molar-refractivity contribution in [3.05, 3.63) is 29.8 Å². The summed E-state index contributed by atoms with van der Waals surface area (Å²) in [5.41, 5.74) is 7.76. The van der Waals surface area contributed by atoms with Crippen LogP contribution in [0.4, 0.5) is 0 Å². The van der Waals surface area contributed by atoms with Crippen LogP contribution in [0.15, 0.2) is 24.3 Å². The maximum atomic E-state index is 6.54. The third-order valence-corrected chi connectivity index (χ3v) is 4.44. The summed E-state index contributed by atoms with van der Waals surface area (Å²) in [4.78, 5) is 0. The smallest absolute Gasteiger partial charge is 0.119 e. The van der Waals surface area contributed by atoms with Gasteiger partial charge in [-0.25, -0.2) is 0 Å². The lowest BCUT2D eigenvalue weighted by Gasteiger charge is -2.35. The molecule has 2 nitrogen and oxygen atoms in total. The summed E-state index contributed by atoms with van der Waals surface area (Å²) in [6.45, 7) is 7.61. The van der Waals surface area contributed by atoms with Gasteiger partial charge in [-0.2, -0.15) is 0 Å². The van der Waals surface area contributed by atoms with Crippen LogP contribution < -0.4 is 10.5 Å². The highest BCUT2D eigenvalue weighted by atomic mass is 16.5. The quantitative estimate of drug-likeness (QED) is 0.855. The van der Waals surface area contributed by atoms with Crippen molar-refractivity contribution in [3.63, 3.8) is 0 Å². The van der Waals surface area contributed by atoms with E-state index in [0.29, 0.717) is 5.92 Å². The second kappa shape index (κ2) is 7.12. The Morgan fingerprint density at radius 2 is 1.90 bits per heavy atom. The van der Waals surface area contributed by atoms with Crippen molar-refractivity contribution in [1.29, 1.82) is 0 Å². The van der Waals surface area contributed by atoms with E-state index in [-0.39, 0.29) is 6.04 Å². The molecule has 0 aromatic heterocycles. The molecule has 0 amide bonds. The lowest BCUT2D eigenvalue weighted by molar-refractivity contribution is 0.193. The Kier molecular flexibility index (Phi) is 5.47. The molecule has 2 heteroatoms.